The number of nitrogens with one attached hydrogen (secondary N) is 1. The summed E-state index contributed by atoms with van der Waals surface area (Å²) in [6, 6.07) is 0. The summed E-state index contributed by atoms with van der Waals surface area (Å²) in [5, 5.41) is 8.49. The van der Waals surface area contributed by atoms with Crippen LogP contribution in [-0.4, -0.2) is 16.1 Å². The molecule has 0 spiro atoms. The average molecular weight is 177 g/mol. The zero-order chi connectivity index (χ0) is 7.72. The third kappa shape index (κ3) is 1.65. The summed E-state index contributed by atoms with van der Waals surface area (Å²) in [4.78, 5) is 12.9. The molecule has 0 saturated heterocycles. The van der Waals surface area contributed by atoms with E-state index in [0.29, 0.717) is 11.3 Å². The van der Waals surface area contributed by atoms with E-state index in [1.807, 2.05) is 0 Å². The van der Waals surface area contributed by atoms with Gasteiger partial charge in [-0.3, -0.25) is 0 Å². The molecule has 0 radical (unpaired) electrons. The molecule has 0 saturated carbocycles. The van der Waals surface area contributed by atoms with Gasteiger partial charge in [-0.2, -0.15) is 0 Å². The highest BCUT2D eigenvalue weighted by atomic mass is 35.5. The number of hydrogen-bond acceptors (Lipinski definition) is 2. The molecule has 1 aromatic rings. The number of anilines is 1. The van der Waals surface area contributed by atoms with Gasteiger partial charge in [0.25, 0.3) is 0 Å². The number of hydrogen-bond donors (Lipinski definition) is 3. The fraction of sp³-hybridized carbons (Fsp3) is 0.167. The average Bonchev–Trinajstić information content (AvgIpc) is 2.14. The maximum absolute atomic E-state index is 10.3. The van der Waals surface area contributed by atoms with Crippen molar-refractivity contribution in [1.82, 2.24) is 4.98 Å². The Labute approximate surface area is 69.8 Å². The number of aromatic amines is 1. The molecule has 0 aliphatic carbocycles. The molecule has 1 aromatic heterocycles. The second-order valence-corrected chi connectivity index (χ2v) is 2.05. The molecule has 0 amide bonds. The monoisotopic (exact) mass is 176 g/mol. The number of rotatable bonds is 1. The number of nitrogens with two attached hydrogens (primary N) is 1. The van der Waals surface area contributed by atoms with Gasteiger partial charge < -0.3 is 15.8 Å². The Morgan fingerprint density at radius 1 is 1.73 bits per heavy atom. The van der Waals surface area contributed by atoms with Crippen LogP contribution in [0.15, 0.2) is 6.20 Å². The third-order valence-electron chi connectivity index (χ3n) is 1.39. The highest BCUT2D eigenvalue weighted by Crippen LogP contribution is 2.13. The van der Waals surface area contributed by atoms with E-state index >= 15 is 0 Å². The van der Waals surface area contributed by atoms with Gasteiger partial charge in [0.05, 0.1) is 5.69 Å². The number of aromatic carboxylic acids is 1. The van der Waals surface area contributed by atoms with E-state index < -0.39 is 5.97 Å². The first-order valence-electron chi connectivity index (χ1n) is 2.79. The van der Waals surface area contributed by atoms with Crippen LogP contribution in [0.5, 0.6) is 0 Å². The van der Waals surface area contributed by atoms with Crippen LogP contribution in [-0.2, 0) is 0 Å². The van der Waals surface area contributed by atoms with Crippen molar-refractivity contribution in [3.05, 3.63) is 17.5 Å². The molecule has 0 aliphatic rings. The summed E-state index contributed by atoms with van der Waals surface area (Å²) < 4.78 is 0. The van der Waals surface area contributed by atoms with Crippen LogP contribution >= 0.6 is 12.4 Å². The summed E-state index contributed by atoms with van der Waals surface area (Å²) in [5.41, 5.74) is 6.62. The molecule has 62 valence electrons. The lowest BCUT2D eigenvalue weighted by Gasteiger charge is -1.90. The Bertz CT molecular complexity index is 270. The van der Waals surface area contributed by atoms with Gasteiger partial charge in [-0.1, -0.05) is 0 Å². The largest absolute Gasteiger partial charge is 0.477 e. The Balaban J connectivity index is 0.000001000. The molecule has 1 heterocycles. The van der Waals surface area contributed by atoms with E-state index in [9.17, 15) is 4.79 Å². The van der Waals surface area contributed by atoms with Gasteiger partial charge in [0.15, 0.2) is 0 Å². The number of carbonyl (C=O) groups is 1. The van der Waals surface area contributed by atoms with Crippen LogP contribution in [0.25, 0.3) is 0 Å². The van der Waals surface area contributed by atoms with E-state index in [1.165, 1.54) is 6.20 Å². The number of nitrogen functional groups attached to an aromatic ring is 1. The van der Waals surface area contributed by atoms with Gasteiger partial charge in [-0.05, 0) is 6.92 Å². The minimum absolute atomic E-state index is 0. The summed E-state index contributed by atoms with van der Waals surface area (Å²) in [6.45, 7) is 1.66. The van der Waals surface area contributed by atoms with Gasteiger partial charge >= 0.3 is 5.97 Å². The second kappa shape index (κ2) is 3.30. The van der Waals surface area contributed by atoms with Crippen LogP contribution in [0.1, 0.15) is 16.1 Å². The maximum Gasteiger partial charge on any atom is 0.352 e. The molecule has 4 nitrogen and oxygen atoms in total. The van der Waals surface area contributed by atoms with Crippen molar-refractivity contribution in [1.29, 1.82) is 0 Å². The molecule has 5 heteroatoms. The second-order valence-electron chi connectivity index (χ2n) is 2.05. The normalized spacial score (nSPS) is 8.82. The smallest absolute Gasteiger partial charge is 0.352 e. The zero-order valence-corrected chi connectivity index (χ0v) is 6.73. The first-order valence-corrected chi connectivity index (χ1v) is 2.79. The minimum Gasteiger partial charge on any atom is -0.477 e. The van der Waals surface area contributed by atoms with E-state index in [2.05, 4.69) is 4.98 Å². The highest BCUT2D eigenvalue weighted by Gasteiger charge is 2.09. The van der Waals surface area contributed by atoms with Crippen molar-refractivity contribution in [2.45, 2.75) is 6.92 Å². The Morgan fingerprint density at radius 3 is 2.45 bits per heavy atom. The predicted octanol–water partition coefficient (Wildman–Crippen LogP) is 1.03. The standard InChI is InChI=1S/C6H8N2O2.ClH/c1-3-4(7)2-8-5(3)6(9)10;/h2,8H,7H2,1H3,(H,9,10);1H. The fourth-order valence-electron chi connectivity index (χ4n) is 0.733. The van der Waals surface area contributed by atoms with Crippen molar-refractivity contribution in [2.75, 3.05) is 5.73 Å². The minimum atomic E-state index is -0.978. The first kappa shape index (κ1) is 9.84. The lowest BCUT2D eigenvalue weighted by molar-refractivity contribution is 0.0690. The van der Waals surface area contributed by atoms with E-state index in [1.54, 1.807) is 6.92 Å². The zero-order valence-electron chi connectivity index (χ0n) is 5.92. The Hall–Kier alpha value is -1.16. The third-order valence-corrected chi connectivity index (χ3v) is 1.39. The van der Waals surface area contributed by atoms with Gasteiger partial charge in [0.2, 0.25) is 0 Å². The summed E-state index contributed by atoms with van der Waals surface area (Å²) in [7, 11) is 0. The molecule has 0 fully saturated rings. The lowest BCUT2D eigenvalue weighted by atomic mass is 10.2. The van der Waals surface area contributed by atoms with Gasteiger partial charge in [-0.15, -0.1) is 12.4 Å². The van der Waals surface area contributed by atoms with Crippen LogP contribution in [0, 0.1) is 6.92 Å². The quantitative estimate of drug-likeness (QED) is 0.598. The first-order chi connectivity index (χ1) is 4.63. The van der Waals surface area contributed by atoms with Crippen molar-refractivity contribution < 1.29 is 9.90 Å². The molecule has 0 unspecified atom stereocenters. The SMILES string of the molecule is Cc1c(N)c[nH]c1C(=O)O.Cl. The number of carboxylic acids is 1. The van der Waals surface area contributed by atoms with Crippen molar-refractivity contribution in [3.63, 3.8) is 0 Å². The number of aromatic nitrogens is 1. The Morgan fingerprint density at radius 2 is 2.27 bits per heavy atom. The summed E-state index contributed by atoms with van der Waals surface area (Å²) in [5.74, 6) is -0.978. The fourth-order valence-corrected chi connectivity index (χ4v) is 0.733. The topological polar surface area (TPSA) is 79.1 Å². The van der Waals surface area contributed by atoms with Crippen LogP contribution in [0.3, 0.4) is 0 Å². The van der Waals surface area contributed by atoms with Gasteiger partial charge in [0, 0.05) is 11.8 Å². The summed E-state index contributed by atoms with van der Waals surface area (Å²) >= 11 is 0. The van der Waals surface area contributed by atoms with Gasteiger partial charge in [0.1, 0.15) is 5.69 Å². The van der Waals surface area contributed by atoms with Gasteiger partial charge in [-0.25, -0.2) is 4.79 Å². The Kier molecular flexibility index (Phi) is 2.95. The maximum atomic E-state index is 10.3. The van der Waals surface area contributed by atoms with Crippen molar-refractivity contribution in [3.8, 4) is 0 Å². The predicted molar refractivity (Wildman–Crippen MR) is 44.1 cm³/mol. The lowest BCUT2D eigenvalue weighted by Crippen LogP contribution is -1.98. The van der Waals surface area contributed by atoms with Crippen molar-refractivity contribution in [2.24, 2.45) is 0 Å². The number of carboxylic acid groups (broad SMARTS) is 1. The van der Waals surface area contributed by atoms with E-state index in [4.69, 9.17) is 10.8 Å². The van der Waals surface area contributed by atoms with E-state index in [-0.39, 0.29) is 18.1 Å². The van der Waals surface area contributed by atoms with Crippen LogP contribution < -0.4 is 5.73 Å². The molecule has 4 N–H and O–H groups in total. The molecule has 1 rings (SSSR count). The van der Waals surface area contributed by atoms with Crippen LogP contribution in [0.2, 0.25) is 0 Å². The molecule has 0 atom stereocenters. The highest BCUT2D eigenvalue weighted by molar-refractivity contribution is 5.89. The van der Waals surface area contributed by atoms with E-state index in [0.717, 1.165) is 0 Å². The van der Waals surface area contributed by atoms with Crippen molar-refractivity contribution >= 4 is 24.1 Å². The molecular formula is C6H9ClN2O2. The molecule has 0 aromatic carbocycles. The molecule has 0 bridgehead atoms. The number of halogens is 1. The summed E-state index contributed by atoms with van der Waals surface area (Å²) in [6.07, 6.45) is 1.47. The molecule has 11 heavy (non-hydrogen) atoms. The molecule has 0 aliphatic heterocycles. The van der Waals surface area contributed by atoms with Crippen LogP contribution in [0.4, 0.5) is 5.69 Å². The number of H-pyrrole nitrogens is 1. The molecular weight excluding hydrogens is 168 g/mol.